The molecule has 3 nitrogen and oxygen atoms in total. The molecule has 0 aromatic rings. The Hall–Kier alpha value is -0.120. The Morgan fingerprint density at radius 3 is 2.75 bits per heavy atom. The first-order valence-electron chi connectivity index (χ1n) is 4.85. The van der Waals surface area contributed by atoms with Gasteiger partial charge in [-0.15, -0.1) is 0 Å². The van der Waals surface area contributed by atoms with E-state index in [9.17, 15) is 0 Å². The van der Waals surface area contributed by atoms with Crippen LogP contribution in [-0.4, -0.2) is 39.0 Å². The molecule has 1 atom stereocenters. The average molecular weight is 171 g/mol. The topological polar surface area (TPSA) is 30.5 Å². The maximum absolute atomic E-state index is 5.49. The molecular weight excluding hydrogens is 154 g/mol. The van der Waals surface area contributed by atoms with Crippen LogP contribution >= 0.6 is 0 Å². The quantitative estimate of drug-likeness (QED) is 0.664. The summed E-state index contributed by atoms with van der Waals surface area (Å²) >= 11 is 0. The first kappa shape index (κ1) is 8.48. The second kappa shape index (κ2) is 4.21. The molecule has 0 spiro atoms. The number of rotatable bonds is 4. The highest BCUT2D eigenvalue weighted by molar-refractivity contribution is 4.76. The molecule has 12 heavy (non-hydrogen) atoms. The fourth-order valence-electron chi connectivity index (χ4n) is 1.42. The zero-order valence-electron chi connectivity index (χ0n) is 7.42. The number of ether oxygens (including phenoxy) is 2. The average Bonchev–Trinajstić information content (AvgIpc) is 2.90. The molecule has 1 heterocycles. The molecule has 1 unspecified atom stereocenters. The van der Waals surface area contributed by atoms with Crippen LogP contribution in [0.4, 0.5) is 0 Å². The van der Waals surface area contributed by atoms with Crippen LogP contribution in [0, 0.1) is 5.92 Å². The van der Waals surface area contributed by atoms with Gasteiger partial charge in [0.2, 0.25) is 0 Å². The van der Waals surface area contributed by atoms with Gasteiger partial charge in [0.1, 0.15) is 0 Å². The van der Waals surface area contributed by atoms with E-state index in [0.29, 0.717) is 0 Å². The van der Waals surface area contributed by atoms with E-state index in [1.54, 1.807) is 0 Å². The van der Waals surface area contributed by atoms with Crippen molar-refractivity contribution in [2.24, 2.45) is 5.92 Å². The molecule has 1 aliphatic heterocycles. The number of nitrogens with one attached hydrogen (secondary N) is 1. The van der Waals surface area contributed by atoms with Crippen molar-refractivity contribution in [2.45, 2.75) is 18.9 Å². The lowest BCUT2D eigenvalue weighted by Crippen LogP contribution is -2.38. The van der Waals surface area contributed by atoms with Gasteiger partial charge in [0.05, 0.1) is 25.9 Å². The van der Waals surface area contributed by atoms with Gasteiger partial charge in [-0.05, 0) is 25.3 Å². The van der Waals surface area contributed by atoms with E-state index in [-0.39, 0.29) is 6.10 Å². The Morgan fingerprint density at radius 2 is 2.08 bits per heavy atom. The third-order valence-corrected chi connectivity index (χ3v) is 2.39. The van der Waals surface area contributed by atoms with Gasteiger partial charge in [-0.25, -0.2) is 0 Å². The van der Waals surface area contributed by atoms with Crippen molar-refractivity contribution in [3.8, 4) is 0 Å². The van der Waals surface area contributed by atoms with E-state index in [4.69, 9.17) is 9.47 Å². The van der Waals surface area contributed by atoms with Crippen molar-refractivity contribution in [2.75, 3.05) is 32.9 Å². The Kier molecular flexibility index (Phi) is 2.98. The second-order valence-corrected chi connectivity index (χ2v) is 3.67. The summed E-state index contributed by atoms with van der Waals surface area (Å²) in [6.45, 7) is 4.41. The van der Waals surface area contributed by atoms with Gasteiger partial charge in [0, 0.05) is 6.54 Å². The zero-order chi connectivity index (χ0) is 8.23. The maximum Gasteiger partial charge on any atom is 0.0933 e. The highest BCUT2D eigenvalue weighted by atomic mass is 16.6. The molecule has 0 radical (unpaired) electrons. The SMILES string of the molecule is C1COC(CNCC2CC2)CO1. The molecule has 1 saturated heterocycles. The Balaban J connectivity index is 1.52. The summed E-state index contributed by atoms with van der Waals surface area (Å²) in [4.78, 5) is 0. The van der Waals surface area contributed by atoms with Crippen LogP contribution in [0.1, 0.15) is 12.8 Å². The molecule has 0 amide bonds. The molecule has 2 rings (SSSR count). The standard InChI is InChI=1S/C9H17NO2/c1-2-8(1)5-10-6-9-7-11-3-4-12-9/h8-10H,1-7H2. The Bertz CT molecular complexity index is 130. The number of hydrogen-bond donors (Lipinski definition) is 1. The lowest BCUT2D eigenvalue weighted by molar-refractivity contribution is -0.0863. The summed E-state index contributed by atoms with van der Waals surface area (Å²) in [6.07, 6.45) is 3.11. The molecular formula is C9H17NO2. The van der Waals surface area contributed by atoms with Gasteiger partial charge < -0.3 is 14.8 Å². The molecule has 0 aromatic heterocycles. The molecule has 70 valence electrons. The largest absolute Gasteiger partial charge is 0.376 e. The molecule has 1 saturated carbocycles. The van der Waals surface area contributed by atoms with E-state index < -0.39 is 0 Å². The summed E-state index contributed by atoms with van der Waals surface area (Å²) < 4.78 is 10.8. The summed E-state index contributed by atoms with van der Waals surface area (Å²) in [5.41, 5.74) is 0. The zero-order valence-corrected chi connectivity index (χ0v) is 7.42. The van der Waals surface area contributed by atoms with E-state index in [1.165, 1.54) is 19.4 Å². The van der Waals surface area contributed by atoms with Gasteiger partial charge in [-0.2, -0.15) is 0 Å². The smallest absolute Gasteiger partial charge is 0.0933 e. The fraction of sp³-hybridized carbons (Fsp3) is 1.00. The van der Waals surface area contributed by atoms with Gasteiger partial charge >= 0.3 is 0 Å². The normalized spacial score (nSPS) is 30.5. The van der Waals surface area contributed by atoms with Gasteiger partial charge in [-0.1, -0.05) is 0 Å². The summed E-state index contributed by atoms with van der Waals surface area (Å²) in [5, 5.41) is 3.41. The first-order valence-corrected chi connectivity index (χ1v) is 4.85. The minimum Gasteiger partial charge on any atom is -0.376 e. The maximum atomic E-state index is 5.49. The van der Waals surface area contributed by atoms with Crippen LogP contribution < -0.4 is 5.32 Å². The Labute approximate surface area is 73.4 Å². The molecule has 3 heteroatoms. The summed E-state index contributed by atoms with van der Waals surface area (Å²) in [5.74, 6) is 0.953. The molecule has 0 bridgehead atoms. The summed E-state index contributed by atoms with van der Waals surface area (Å²) in [7, 11) is 0. The van der Waals surface area contributed by atoms with Crippen molar-refractivity contribution >= 4 is 0 Å². The predicted octanol–water partition coefficient (Wildman–Crippen LogP) is 0.401. The van der Waals surface area contributed by atoms with Crippen LogP contribution in [0.2, 0.25) is 0 Å². The molecule has 2 aliphatic rings. The van der Waals surface area contributed by atoms with Crippen molar-refractivity contribution in [1.82, 2.24) is 5.32 Å². The third kappa shape index (κ3) is 2.73. The van der Waals surface area contributed by atoms with Crippen molar-refractivity contribution in [3.05, 3.63) is 0 Å². The van der Waals surface area contributed by atoms with Crippen LogP contribution in [0.25, 0.3) is 0 Å². The van der Waals surface area contributed by atoms with Gasteiger partial charge in [0.15, 0.2) is 0 Å². The van der Waals surface area contributed by atoms with Crippen molar-refractivity contribution in [1.29, 1.82) is 0 Å². The van der Waals surface area contributed by atoms with E-state index in [0.717, 1.165) is 32.3 Å². The minimum atomic E-state index is 0.289. The molecule has 1 aliphatic carbocycles. The van der Waals surface area contributed by atoms with Crippen LogP contribution in [0.3, 0.4) is 0 Å². The lowest BCUT2D eigenvalue weighted by atomic mass is 10.3. The van der Waals surface area contributed by atoms with Gasteiger partial charge in [-0.3, -0.25) is 0 Å². The molecule has 1 N–H and O–H groups in total. The molecule has 2 fully saturated rings. The predicted molar refractivity (Wildman–Crippen MR) is 46.2 cm³/mol. The van der Waals surface area contributed by atoms with Crippen molar-refractivity contribution in [3.63, 3.8) is 0 Å². The van der Waals surface area contributed by atoms with Crippen LogP contribution in [0.5, 0.6) is 0 Å². The van der Waals surface area contributed by atoms with Crippen LogP contribution in [0.15, 0.2) is 0 Å². The van der Waals surface area contributed by atoms with E-state index in [1.807, 2.05) is 0 Å². The number of hydrogen-bond acceptors (Lipinski definition) is 3. The van der Waals surface area contributed by atoms with Gasteiger partial charge in [0.25, 0.3) is 0 Å². The first-order chi connectivity index (χ1) is 5.95. The van der Waals surface area contributed by atoms with Crippen molar-refractivity contribution < 1.29 is 9.47 Å². The second-order valence-electron chi connectivity index (χ2n) is 3.67. The minimum absolute atomic E-state index is 0.289. The highest BCUT2D eigenvalue weighted by Gasteiger charge is 2.21. The monoisotopic (exact) mass is 171 g/mol. The molecule has 0 aromatic carbocycles. The summed E-state index contributed by atoms with van der Waals surface area (Å²) in [6, 6.07) is 0. The fourth-order valence-corrected chi connectivity index (χ4v) is 1.42. The van der Waals surface area contributed by atoms with Crippen LogP contribution in [-0.2, 0) is 9.47 Å². The van der Waals surface area contributed by atoms with E-state index in [2.05, 4.69) is 5.32 Å². The Morgan fingerprint density at radius 1 is 1.17 bits per heavy atom. The third-order valence-electron chi connectivity index (χ3n) is 2.39. The van der Waals surface area contributed by atoms with E-state index >= 15 is 0 Å². The highest BCUT2D eigenvalue weighted by Crippen LogP contribution is 2.27. The lowest BCUT2D eigenvalue weighted by Gasteiger charge is -2.23.